The van der Waals surface area contributed by atoms with Gasteiger partial charge in [0.25, 0.3) is 5.91 Å². The Kier molecular flexibility index (Phi) is 5.14. The van der Waals surface area contributed by atoms with E-state index < -0.39 is 0 Å². The standard InChI is InChI=1S/C16H21N5O3/c1-10(2)14-20-16(24-21-14)13(11-4-7-23-8-5-11)19-15(22)12-3-6-17-18-9-12/h3,6,9-11,13H,4-5,7-8H2,1-2H3,(H,19,22)/t13-/m1/s1. The zero-order valence-corrected chi connectivity index (χ0v) is 13.8. The van der Waals surface area contributed by atoms with Gasteiger partial charge < -0.3 is 14.6 Å². The van der Waals surface area contributed by atoms with Crippen LogP contribution in [0.1, 0.15) is 60.7 Å². The molecule has 1 aliphatic rings. The van der Waals surface area contributed by atoms with Gasteiger partial charge in [0.2, 0.25) is 5.89 Å². The lowest BCUT2D eigenvalue weighted by Crippen LogP contribution is -2.36. The third-order valence-electron chi connectivity index (χ3n) is 4.11. The summed E-state index contributed by atoms with van der Waals surface area (Å²) < 4.78 is 10.9. The lowest BCUT2D eigenvalue weighted by molar-refractivity contribution is 0.0467. The van der Waals surface area contributed by atoms with Crippen molar-refractivity contribution in [1.29, 1.82) is 0 Å². The molecule has 1 aliphatic heterocycles. The lowest BCUT2D eigenvalue weighted by Gasteiger charge is -2.28. The number of carbonyl (C=O) groups is 1. The maximum Gasteiger partial charge on any atom is 0.253 e. The molecule has 2 aromatic rings. The predicted octanol–water partition coefficient (Wildman–Crippen LogP) is 1.88. The maximum absolute atomic E-state index is 12.5. The second-order valence-corrected chi connectivity index (χ2v) is 6.18. The van der Waals surface area contributed by atoms with Gasteiger partial charge in [0.15, 0.2) is 5.82 Å². The molecule has 128 valence electrons. The zero-order chi connectivity index (χ0) is 16.9. The van der Waals surface area contributed by atoms with Gasteiger partial charge in [-0.1, -0.05) is 19.0 Å². The normalized spacial score (nSPS) is 17.0. The van der Waals surface area contributed by atoms with Crippen LogP contribution in [-0.4, -0.2) is 39.5 Å². The second kappa shape index (κ2) is 7.48. The molecule has 1 fully saturated rings. The monoisotopic (exact) mass is 331 g/mol. The van der Waals surface area contributed by atoms with Crippen molar-refractivity contribution in [2.75, 3.05) is 13.2 Å². The minimum absolute atomic E-state index is 0.165. The van der Waals surface area contributed by atoms with Gasteiger partial charge in [0, 0.05) is 19.1 Å². The van der Waals surface area contributed by atoms with E-state index in [1.165, 1.54) is 12.4 Å². The number of nitrogens with one attached hydrogen (secondary N) is 1. The van der Waals surface area contributed by atoms with Crippen LogP contribution in [0, 0.1) is 5.92 Å². The van der Waals surface area contributed by atoms with Gasteiger partial charge in [-0.3, -0.25) is 4.79 Å². The highest BCUT2D eigenvalue weighted by Crippen LogP contribution is 2.30. The number of hydrogen-bond donors (Lipinski definition) is 1. The van der Waals surface area contributed by atoms with Crippen LogP contribution in [0.15, 0.2) is 23.0 Å². The minimum Gasteiger partial charge on any atom is -0.381 e. The highest BCUT2D eigenvalue weighted by molar-refractivity contribution is 5.93. The summed E-state index contributed by atoms with van der Waals surface area (Å²) in [7, 11) is 0. The van der Waals surface area contributed by atoms with Crippen molar-refractivity contribution in [3.63, 3.8) is 0 Å². The molecule has 0 radical (unpaired) electrons. The van der Waals surface area contributed by atoms with Gasteiger partial charge in [-0.15, -0.1) is 0 Å². The summed E-state index contributed by atoms with van der Waals surface area (Å²) in [5.74, 6) is 1.21. The van der Waals surface area contributed by atoms with E-state index in [-0.39, 0.29) is 23.8 Å². The van der Waals surface area contributed by atoms with Crippen LogP contribution in [0.4, 0.5) is 0 Å². The van der Waals surface area contributed by atoms with E-state index in [2.05, 4.69) is 25.7 Å². The summed E-state index contributed by atoms with van der Waals surface area (Å²) in [4.78, 5) is 17.0. The first kappa shape index (κ1) is 16.5. The van der Waals surface area contributed by atoms with E-state index in [1.54, 1.807) is 6.07 Å². The second-order valence-electron chi connectivity index (χ2n) is 6.18. The van der Waals surface area contributed by atoms with Crippen molar-refractivity contribution >= 4 is 5.91 Å². The third-order valence-corrected chi connectivity index (χ3v) is 4.11. The summed E-state index contributed by atoms with van der Waals surface area (Å²) >= 11 is 0. The molecule has 8 nitrogen and oxygen atoms in total. The number of hydrogen-bond acceptors (Lipinski definition) is 7. The van der Waals surface area contributed by atoms with Crippen LogP contribution in [0.2, 0.25) is 0 Å². The molecule has 24 heavy (non-hydrogen) atoms. The highest BCUT2D eigenvalue weighted by atomic mass is 16.5. The molecular formula is C16H21N5O3. The molecule has 0 unspecified atom stereocenters. The van der Waals surface area contributed by atoms with Crippen molar-refractivity contribution in [2.45, 2.75) is 38.6 Å². The molecule has 0 spiro atoms. The van der Waals surface area contributed by atoms with Gasteiger partial charge in [-0.25, -0.2) is 0 Å². The van der Waals surface area contributed by atoms with Crippen LogP contribution in [-0.2, 0) is 4.74 Å². The van der Waals surface area contributed by atoms with E-state index in [9.17, 15) is 4.79 Å². The first-order valence-corrected chi connectivity index (χ1v) is 8.14. The van der Waals surface area contributed by atoms with Crippen LogP contribution >= 0.6 is 0 Å². The van der Waals surface area contributed by atoms with E-state index in [4.69, 9.17) is 9.26 Å². The van der Waals surface area contributed by atoms with Crippen LogP contribution in [0.3, 0.4) is 0 Å². The fourth-order valence-corrected chi connectivity index (χ4v) is 2.69. The van der Waals surface area contributed by atoms with E-state index in [0.29, 0.717) is 30.5 Å². The Labute approximate surface area is 140 Å². The number of ether oxygens (including phenoxy) is 1. The smallest absolute Gasteiger partial charge is 0.253 e. The summed E-state index contributed by atoms with van der Waals surface area (Å²) in [6.07, 6.45) is 4.59. The van der Waals surface area contributed by atoms with Crippen molar-refractivity contribution in [3.8, 4) is 0 Å². The molecule has 0 saturated carbocycles. The molecule has 1 N–H and O–H groups in total. The zero-order valence-electron chi connectivity index (χ0n) is 13.8. The largest absolute Gasteiger partial charge is 0.381 e. The molecule has 3 rings (SSSR count). The lowest BCUT2D eigenvalue weighted by atomic mass is 9.91. The Morgan fingerprint density at radius 1 is 1.29 bits per heavy atom. The number of carbonyl (C=O) groups excluding carboxylic acids is 1. The molecule has 8 heteroatoms. The predicted molar refractivity (Wildman–Crippen MR) is 84.2 cm³/mol. The van der Waals surface area contributed by atoms with Gasteiger partial charge in [-0.2, -0.15) is 15.2 Å². The highest BCUT2D eigenvalue weighted by Gasteiger charge is 2.32. The van der Waals surface area contributed by atoms with Crippen molar-refractivity contribution in [1.82, 2.24) is 25.7 Å². The molecule has 3 heterocycles. The molecule has 0 aromatic carbocycles. The molecule has 0 bridgehead atoms. The first-order chi connectivity index (χ1) is 11.6. The van der Waals surface area contributed by atoms with Gasteiger partial charge >= 0.3 is 0 Å². The SMILES string of the molecule is CC(C)c1noc([C@H](NC(=O)c2ccnnc2)C2CCOCC2)n1. The molecular weight excluding hydrogens is 310 g/mol. The number of amides is 1. The van der Waals surface area contributed by atoms with Crippen LogP contribution in [0.25, 0.3) is 0 Å². The molecule has 0 aliphatic carbocycles. The van der Waals surface area contributed by atoms with Crippen LogP contribution in [0.5, 0.6) is 0 Å². The first-order valence-electron chi connectivity index (χ1n) is 8.14. The maximum atomic E-state index is 12.5. The van der Waals surface area contributed by atoms with Crippen molar-refractivity contribution < 1.29 is 14.1 Å². The van der Waals surface area contributed by atoms with Crippen LogP contribution < -0.4 is 5.32 Å². The Bertz CT molecular complexity index is 667. The summed E-state index contributed by atoms with van der Waals surface area (Å²) in [5.41, 5.74) is 0.450. The number of nitrogens with zero attached hydrogens (tertiary/aromatic N) is 4. The number of rotatable bonds is 5. The number of aromatic nitrogens is 4. The Morgan fingerprint density at radius 2 is 2.08 bits per heavy atom. The molecule has 1 atom stereocenters. The van der Waals surface area contributed by atoms with E-state index in [0.717, 1.165) is 12.8 Å². The fourth-order valence-electron chi connectivity index (χ4n) is 2.69. The van der Waals surface area contributed by atoms with Gasteiger partial charge in [0.1, 0.15) is 6.04 Å². The summed E-state index contributed by atoms with van der Waals surface area (Å²) in [6, 6.07) is 1.28. The van der Waals surface area contributed by atoms with Gasteiger partial charge in [0.05, 0.1) is 18.0 Å². The Hall–Kier alpha value is -2.35. The van der Waals surface area contributed by atoms with Gasteiger partial charge in [-0.05, 0) is 24.8 Å². The minimum atomic E-state index is -0.338. The average molecular weight is 331 g/mol. The Balaban J connectivity index is 1.82. The Morgan fingerprint density at radius 3 is 2.71 bits per heavy atom. The molecule has 1 saturated heterocycles. The third kappa shape index (κ3) is 3.76. The fraction of sp³-hybridized carbons (Fsp3) is 0.562. The molecule has 2 aromatic heterocycles. The van der Waals surface area contributed by atoms with Crippen molar-refractivity contribution in [3.05, 3.63) is 35.7 Å². The quantitative estimate of drug-likeness (QED) is 0.892. The van der Waals surface area contributed by atoms with E-state index in [1.807, 2.05) is 13.8 Å². The van der Waals surface area contributed by atoms with E-state index >= 15 is 0 Å². The summed E-state index contributed by atoms with van der Waals surface area (Å²) in [6.45, 7) is 5.33. The molecule has 1 amide bonds. The average Bonchev–Trinajstić information content (AvgIpc) is 3.11. The van der Waals surface area contributed by atoms with Crippen molar-refractivity contribution in [2.24, 2.45) is 5.92 Å². The summed E-state index contributed by atoms with van der Waals surface area (Å²) in [5, 5.41) is 14.5. The topological polar surface area (TPSA) is 103 Å².